The average Bonchev–Trinajstić information content (AvgIpc) is 2.28. The number of rotatable bonds is 5. The molecule has 90 valence electrons. The van der Waals surface area contributed by atoms with Crippen LogP contribution >= 0.6 is 11.8 Å². The first-order chi connectivity index (χ1) is 7.21. The number of hydrogen-bond donors (Lipinski definition) is 2. The molecule has 15 heavy (non-hydrogen) atoms. The van der Waals surface area contributed by atoms with Crippen molar-refractivity contribution in [2.45, 2.75) is 56.1 Å². The van der Waals surface area contributed by atoms with E-state index in [2.05, 4.69) is 26.2 Å². The summed E-state index contributed by atoms with van der Waals surface area (Å²) < 4.78 is 0. The highest BCUT2D eigenvalue weighted by Crippen LogP contribution is 2.35. The minimum Gasteiger partial charge on any atom is -0.395 e. The number of nitrogens with one attached hydrogen (secondary N) is 1. The summed E-state index contributed by atoms with van der Waals surface area (Å²) in [5.41, 5.74) is 0. The molecule has 1 aliphatic rings. The predicted molar refractivity (Wildman–Crippen MR) is 68.4 cm³/mol. The van der Waals surface area contributed by atoms with Crippen LogP contribution < -0.4 is 5.32 Å². The lowest BCUT2D eigenvalue weighted by atomic mass is 9.84. The van der Waals surface area contributed by atoms with Crippen molar-refractivity contribution in [3.05, 3.63) is 0 Å². The molecule has 0 saturated heterocycles. The molecular formula is C12H25NOS. The molecule has 0 aromatic rings. The summed E-state index contributed by atoms with van der Waals surface area (Å²) in [6.45, 7) is 4.71. The van der Waals surface area contributed by atoms with E-state index in [-0.39, 0.29) is 0 Å². The van der Waals surface area contributed by atoms with E-state index in [1.165, 1.54) is 25.7 Å². The molecule has 0 amide bonds. The van der Waals surface area contributed by atoms with Crippen LogP contribution in [-0.4, -0.2) is 35.3 Å². The van der Waals surface area contributed by atoms with Crippen LogP contribution in [-0.2, 0) is 0 Å². The van der Waals surface area contributed by atoms with E-state index in [9.17, 15) is 0 Å². The second-order valence-electron chi connectivity index (χ2n) is 4.65. The van der Waals surface area contributed by atoms with Crippen molar-refractivity contribution < 1.29 is 5.11 Å². The van der Waals surface area contributed by atoms with Gasteiger partial charge in [0.2, 0.25) is 0 Å². The summed E-state index contributed by atoms with van der Waals surface area (Å²) in [6, 6.07) is 0.645. The molecule has 0 radical (unpaired) electrons. The Hall–Kier alpha value is 0.270. The van der Waals surface area contributed by atoms with Gasteiger partial charge in [0.25, 0.3) is 0 Å². The van der Waals surface area contributed by atoms with E-state index in [4.69, 9.17) is 5.11 Å². The molecule has 2 nitrogen and oxygen atoms in total. The first-order valence-electron chi connectivity index (χ1n) is 6.14. The summed E-state index contributed by atoms with van der Waals surface area (Å²) in [5.74, 6) is 0.901. The molecule has 1 fully saturated rings. The Kier molecular flexibility index (Phi) is 6.02. The van der Waals surface area contributed by atoms with Crippen molar-refractivity contribution in [2.75, 3.05) is 13.7 Å². The molecule has 1 saturated carbocycles. The molecule has 0 spiro atoms. The maximum absolute atomic E-state index is 9.11. The van der Waals surface area contributed by atoms with Gasteiger partial charge in [0, 0.05) is 16.5 Å². The van der Waals surface area contributed by atoms with Crippen LogP contribution in [0.2, 0.25) is 0 Å². The van der Waals surface area contributed by atoms with Gasteiger partial charge in [0.1, 0.15) is 0 Å². The maximum Gasteiger partial charge on any atom is 0.0547 e. The smallest absolute Gasteiger partial charge is 0.0547 e. The van der Waals surface area contributed by atoms with Crippen LogP contribution in [0.1, 0.15) is 39.5 Å². The molecule has 3 heteroatoms. The molecule has 0 aromatic carbocycles. The number of aliphatic hydroxyl groups is 1. The van der Waals surface area contributed by atoms with Crippen molar-refractivity contribution >= 4 is 11.8 Å². The third kappa shape index (κ3) is 3.97. The Morgan fingerprint density at radius 3 is 2.73 bits per heavy atom. The van der Waals surface area contributed by atoms with Crippen LogP contribution in [0.15, 0.2) is 0 Å². The lowest BCUT2D eigenvalue weighted by Crippen LogP contribution is -2.41. The Morgan fingerprint density at radius 2 is 2.20 bits per heavy atom. The van der Waals surface area contributed by atoms with E-state index in [0.29, 0.717) is 23.1 Å². The van der Waals surface area contributed by atoms with E-state index < -0.39 is 0 Å². The fourth-order valence-electron chi connectivity index (χ4n) is 2.40. The third-order valence-corrected chi connectivity index (χ3v) is 5.00. The predicted octanol–water partition coefficient (Wildman–Crippen LogP) is 2.27. The van der Waals surface area contributed by atoms with E-state index >= 15 is 0 Å². The van der Waals surface area contributed by atoms with Crippen molar-refractivity contribution in [1.82, 2.24) is 5.32 Å². The second-order valence-corrected chi connectivity index (χ2v) is 6.33. The van der Waals surface area contributed by atoms with Gasteiger partial charge in [0.15, 0.2) is 0 Å². The van der Waals surface area contributed by atoms with Crippen LogP contribution in [0, 0.1) is 5.92 Å². The van der Waals surface area contributed by atoms with Crippen molar-refractivity contribution in [3.63, 3.8) is 0 Å². The number of hydrogen-bond acceptors (Lipinski definition) is 3. The second kappa shape index (κ2) is 6.77. The van der Waals surface area contributed by atoms with Crippen LogP contribution in [0.4, 0.5) is 0 Å². The Morgan fingerprint density at radius 1 is 1.47 bits per heavy atom. The third-order valence-electron chi connectivity index (χ3n) is 3.51. The molecule has 1 aliphatic carbocycles. The minimum atomic E-state index is 0.300. The molecular weight excluding hydrogens is 206 g/mol. The van der Waals surface area contributed by atoms with Gasteiger partial charge in [-0.2, -0.15) is 11.8 Å². The lowest BCUT2D eigenvalue weighted by molar-refractivity contribution is 0.291. The molecule has 0 aromatic heterocycles. The standard InChI is InChI=1S/C12H25NOS/c1-4-10-5-6-11(13-3)12(7-10)15-9(2)8-14/h9-14H,4-8H2,1-3H3. The van der Waals surface area contributed by atoms with Gasteiger partial charge in [0.05, 0.1) is 6.61 Å². The normalized spacial score (nSPS) is 34.0. The zero-order valence-electron chi connectivity index (χ0n) is 10.2. The van der Waals surface area contributed by atoms with Crippen LogP contribution in [0.25, 0.3) is 0 Å². The number of aliphatic hydroxyl groups excluding tert-OH is 1. The summed E-state index contributed by atoms with van der Waals surface area (Å²) >= 11 is 1.96. The first-order valence-corrected chi connectivity index (χ1v) is 7.09. The molecule has 0 bridgehead atoms. The van der Waals surface area contributed by atoms with Gasteiger partial charge in [-0.1, -0.05) is 20.3 Å². The topological polar surface area (TPSA) is 32.3 Å². The van der Waals surface area contributed by atoms with Gasteiger partial charge in [-0.05, 0) is 32.2 Å². The van der Waals surface area contributed by atoms with E-state index in [1.807, 2.05) is 11.8 Å². The molecule has 0 heterocycles. The highest BCUT2D eigenvalue weighted by molar-refractivity contribution is 8.00. The Bertz CT molecular complexity index is 175. The zero-order valence-corrected chi connectivity index (χ0v) is 11.0. The maximum atomic E-state index is 9.11. The van der Waals surface area contributed by atoms with Crippen molar-refractivity contribution in [2.24, 2.45) is 5.92 Å². The van der Waals surface area contributed by atoms with Gasteiger partial charge >= 0.3 is 0 Å². The van der Waals surface area contributed by atoms with Crippen LogP contribution in [0.3, 0.4) is 0 Å². The SMILES string of the molecule is CCC1CCC(NC)C(SC(C)CO)C1. The fraction of sp³-hybridized carbons (Fsp3) is 1.00. The van der Waals surface area contributed by atoms with Crippen LogP contribution in [0.5, 0.6) is 0 Å². The summed E-state index contributed by atoms with van der Waals surface area (Å²) in [7, 11) is 2.06. The summed E-state index contributed by atoms with van der Waals surface area (Å²) in [4.78, 5) is 0. The molecule has 4 unspecified atom stereocenters. The summed E-state index contributed by atoms with van der Waals surface area (Å²) in [5, 5.41) is 13.6. The van der Waals surface area contributed by atoms with Gasteiger partial charge in [-0.15, -0.1) is 0 Å². The van der Waals surface area contributed by atoms with Gasteiger partial charge in [-0.25, -0.2) is 0 Å². The monoisotopic (exact) mass is 231 g/mol. The van der Waals surface area contributed by atoms with Gasteiger partial charge < -0.3 is 10.4 Å². The number of thioether (sulfide) groups is 1. The first kappa shape index (κ1) is 13.3. The molecule has 0 aliphatic heterocycles. The van der Waals surface area contributed by atoms with E-state index in [1.54, 1.807) is 0 Å². The fourth-order valence-corrected chi connectivity index (χ4v) is 3.93. The quantitative estimate of drug-likeness (QED) is 0.761. The van der Waals surface area contributed by atoms with Crippen molar-refractivity contribution in [1.29, 1.82) is 0 Å². The minimum absolute atomic E-state index is 0.300. The highest BCUT2D eigenvalue weighted by atomic mass is 32.2. The summed E-state index contributed by atoms with van der Waals surface area (Å²) in [6.07, 6.45) is 5.29. The van der Waals surface area contributed by atoms with Gasteiger partial charge in [-0.3, -0.25) is 0 Å². The zero-order chi connectivity index (χ0) is 11.3. The highest BCUT2D eigenvalue weighted by Gasteiger charge is 2.30. The Balaban J connectivity index is 2.47. The Labute approximate surface area is 98.2 Å². The van der Waals surface area contributed by atoms with E-state index in [0.717, 1.165) is 5.92 Å². The van der Waals surface area contributed by atoms with Crippen molar-refractivity contribution in [3.8, 4) is 0 Å². The molecule has 1 rings (SSSR count). The largest absolute Gasteiger partial charge is 0.395 e. The molecule has 4 atom stereocenters. The molecule has 2 N–H and O–H groups in total. The lowest BCUT2D eigenvalue weighted by Gasteiger charge is -2.36. The average molecular weight is 231 g/mol.